The first-order valence-corrected chi connectivity index (χ1v) is 9.62. The Hall–Kier alpha value is -2.23. The van der Waals surface area contributed by atoms with Gasteiger partial charge < -0.3 is 14.8 Å². The van der Waals surface area contributed by atoms with Gasteiger partial charge in [0.15, 0.2) is 0 Å². The topological polar surface area (TPSA) is 47.6 Å². The Morgan fingerprint density at radius 2 is 1.85 bits per heavy atom. The van der Waals surface area contributed by atoms with Gasteiger partial charge in [-0.15, -0.1) is 0 Å². The number of rotatable bonds is 8. The Morgan fingerprint density at radius 3 is 2.54 bits per heavy atom. The molecule has 0 spiro atoms. The summed E-state index contributed by atoms with van der Waals surface area (Å²) in [5.74, 6) is 2.26. The summed E-state index contributed by atoms with van der Waals surface area (Å²) < 4.78 is 11.3. The van der Waals surface area contributed by atoms with Gasteiger partial charge >= 0.3 is 0 Å². The van der Waals surface area contributed by atoms with Crippen LogP contribution in [0.15, 0.2) is 24.3 Å². The lowest BCUT2D eigenvalue weighted by Gasteiger charge is -2.29. The number of hydrogen-bond acceptors (Lipinski definition) is 3. The van der Waals surface area contributed by atoms with Gasteiger partial charge in [0.2, 0.25) is 5.91 Å². The number of aryl methyl sites for hydroxylation is 1. The minimum Gasteiger partial charge on any atom is -0.496 e. The molecule has 140 valence electrons. The van der Waals surface area contributed by atoms with E-state index in [9.17, 15) is 4.79 Å². The first-order chi connectivity index (χ1) is 12.7. The maximum Gasteiger partial charge on any atom is 0.220 e. The third-order valence-electron chi connectivity index (χ3n) is 5.40. The van der Waals surface area contributed by atoms with Gasteiger partial charge in [0, 0.05) is 30.0 Å². The summed E-state index contributed by atoms with van der Waals surface area (Å²) in [6.07, 6.45) is 5.76. The van der Waals surface area contributed by atoms with Crippen LogP contribution in [-0.4, -0.2) is 26.7 Å². The molecular weight excluding hydrogens is 326 g/mol. The fourth-order valence-electron chi connectivity index (χ4n) is 4.03. The summed E-state index contributed by atoms with van der Waals surface area (Å²) in [6, 6.07) is 8.29. The Kier molecular flexibility index (Phi) is 6.02. The zero-order valence-electron chi connectivity index (χ0n) is 16.1. The van der Waals surface area contributed by atoms with Crippen molar-refractivity contribution in [3.05, 3.63) is 35.4 Å². The summed E-state index contributed by atoms with van der Waals surface area (Å²) >= 11 is 0. The smallest absolute Gasteiger partial charge is 0.220 e. The van der Waals surface area contributed by atoms with Crippen LogP contribution in [0, 0.1) is 0 Å². The van der Waals surface area contributed by atoms with Gasteiger partial charge in [-0.05, 0) is 42.2 Å². The summed E-state index contributed by atoms with van der Waals surface area (Å²) in [4.78, 5) is 12.1. The monoisotopic (exact) mass is 355 g/mol. The molecule has 1 atom stereocenters. The highest BCUT2D eigenvalue weighted by Gasteiger charge is 2.27. The Morgan fingerprint density at radius 1 is 1.12 bits per heavy atom. The highest BCUT2D eigenvalue weighted by Crippen LogP contribution is 2.44. The van der Waals surface area contributed by atoms with Crippen molar-refractivity contribution in [3.8, 4) is 11.5 Å². The van der Waals surface area contributed by atoms with Gasteiger partial charge in [0.05, 0.1) is 14.2 Å². The lowest BCUT2D eigenvalue weighted by atomic mass is 9.80. The molecule has 0 saturated carbocycles. The summed E-state index contributed by atoms with van der Waals surface area (Å²) in [5.41, 5.74) is 2.46. The summed E-state index contributed by atoms with van der Waals surface area (Å²) in [5, 5.41) is 5.58. The average molecular weight is 355 g/mol. The number of carbonyl (C=O) groups excluding carboxylic acids is 1. The predicted octanol–water partition coefficient (Wildman–Crippen LogP) is 4.58. The van der Waals surface area contributed by atoms with Gasteiger partial charge in [-0.25, -0.2) is 0 Å². The second kappa shape index (κ2) is 8.43. The maximum absolute atomic E-state index is 12.1. The molecule has 4 nitrogen and oxygen atoms in total. The van der Waals surface area contributed by atoms with Crippen molar-refractivity contribution in [3.63, 3.8) is 0 Å². The van der Waals surface area contributed by atoms with Gasteiger partial charge in [0.1, 0.15) is 11.5 Å². The van der Waals surface area contributed by atoms with Crippen molar-refractivity contribution in [2.24, 2.45) is 0 Å². The average Bonchev–Trinajstić information content (AvgIpc) is 2.67. The molecule has 0 saturated heterocycles. The molecule has 1 amide bonds. The Bertz CT molecular complexity index is 779. The molecule has 4 heteroatoms. The van der Waals surface area contributed by atoms with E-state index in [2.05, 4.69) is 24.4 Å². The van der Waals surface area contributed by atoms with E-state index in [1.807, 2.05) is 12.1 Å². The Balaban J connectivity index is 1.88. The molecule has 0 aromatic heterocycles. The normalized spacial score (nSPS) is 15.7. The SMILES string of the molecule is CCCCCC(=O)NCC1CCc2c(OC)ccc3ccc(OC)c1c23. The van der Waals surface area contributed by atoms with Crippen LogP contribution in [0.4, 0.5) is 0 Å². The van der Waals surface area contributed by atoms with Crippen LogP contribution in [0.5, 0.6) is 11.5 Å². The molecule has 1 aliphatic carbocycles. The molecule has 2 aromatic rings. The van der Waals surface area contributed by atoms with E-state index in [1.165, 1.54) is 21.9 Å². The number of ether oxygens (including phenoxy) is 2. The summed E-state index contributed by atoms with van der Waals surface area (Å²) in [6.45, 7) is 2.82. The quantitative estimate of drug-likeness (QED) is 0.705. The third kappa shape index (κ3) is 3.64. The second-order valence-corrected chi connectivity index (χ2v) is 7.02. The van der Waals surface area contributed by atoms with Gasteiger partial charge in [0.25, 0.3) is 0 Å². The number of methoxy groups -OCH3 is 2. The van der Waals surface area contributed by atoms with Gasteiger partial charge in [-0.1, -0.05) is 31.9 Å². The number of carbonyl (C=O) groups is 1. The number of unbranched alkanes of at least 4 members (excludes halogenated alkanes) is 2. The number of hydrogen-bond donors (Lipinski definition) is 1. The van der Waals surface area contributed by atoms with E-state index in [0.29, 0.717) is 13.0 Å². The van der Waals surface area contributed by atoms with Crippen LogP contribution < -0.4 is 14.8 Å². The molecule has 26 heavy (non-hydrogen) atoms. The Labute approximate surface area is 155 Å². The van der Waals surface area contributed by atoms with Gasteiger partial charge in [-0.2, -0.15) is 0 Å². The van der Waals surface area contributed by atoms with Crippen LogP contribution in [0.25, 0.3) is 10.8 Å². The van der Waals surface area contributed by atoms with E-state index in [1.54, 1.807) is 14.2 Å². The first-order valence-electron chi connectivity index (χ1n) is 9.62. The molecule has 0 bridgehead atoms. The van der Waals surface area contributed by atoms with E-state index in [4.69, 9.17) is 9.47 Å². The van der Waals surface area contributed by atoms with Crippen molar-refractivity contribution in [2.45, 2.75) is 51.4 Å². The standard InChI is InChI=1S/C22H29NO3/c1-4-5-6-7-20(24)23-14-16-8-11-17-18(25-2)12-9-15-10-13-19(26-3)22(16)21(15)17/h9-10,12-13,16H,4-8,11,14H2,1-3H3,(H,23,24). The molecule has 2 aromatic carbocycles. The van der Waals surface area contributed by atoms with Gasteiger partial charge in [-0.3, -0.25) is 4.79 Å². The minimum atomic E-state index is 0.154. The number of benzene rings is 2. The van der Waals surface area contributed by atoms with Crippen molar-refractivity contribution in [1.29, 1.82) is 0 Å². The van der Waals surface area contributed by atoms with E-state index >= 15 is 0 Å². The highest BCUT2D eigenvalue weighted by atomic mass is 16.5. The number of nitrogens with one attached hydrogen (secondary N) is 1. The van der Waals surface area contributed by atoms with Crippen LogP contribution >= 0.6 is 0 Å². The van der Waals surface area contributed by atoms with Crippen LogP contribution in [0.2, 0.25) is 0 Å². The zero-order valence-corrected chi connectivity index (χ0v) is 16.1. The summed E-state index contributed by atoms with van der Waals surface area (Å²) in [7, 11) is 3.44. The fourth-order valence-corrected chi connectivity index (χ4v) is 4.03. The first kappa shape index (κ1) is 18.6. The van der Waals surface area contributed by atoms with Crippen molar-refractivity contribution in [2.75, 3.05) is 20.8 Å². The van der Waals surface area contributed by atoms with E-state index in [-0.39, 0.29) is 11.8 Å². The molecule has 0 radical (unpaired) electrons. The van der Waals surface area contributed by atoms with Crippen molar-refractivity contribution in [1.82, 2.24) is 5.32 Å². The van der Waals surface area contributed by atoms with Crippen molar-refractivity contribution < 1.29 is 14.3 Å². The molecule has 1 N–H and O–H groups in total. The second-order valence-electron chi connectivity index (χ2n) is 7.02. The van der Waals surface area contributed by atoms with E-state index in [0.717, 1.165) is 43.6 Å². The molecule has 1 aliphatic rings. The highest BCUT2D eigenvalue weighted by molar-refractivity contribution is 5.94. The molecular formula is C22H29NO3. The maximum atomic E-state index is 12.1. The molecule has 0 heterocycles. The van der Waals surface area contributed by atoms with Crippen molar-refractivity contribution >= 4 is 16.7 Å². The third-order valence-corrected chi connectivity index (χ3v) is 5.40. The molecule has 1 unspecified atom stereocenters. The van der Waals surface area contributed by atoms with E-state index < -0.39 is 0 Å². The predicted molar refractivity (Wildman–Crippen MR) is 105 cm³/mol. The van der Waals surface area contributed by atoms with Crippen LogP contribution in [-0.2, 0) is 11.2 Å². The largest absolute Gasteiger partial charge is 0.496 e. The number of amides is 1. The molecule has 0 fully saturated rings. The lowest BCUT2D eigenvalue weighted by molar-refractivity contribution is -0.121. The minimum absolute atomic E-state index is 0.154. The zero-order chi connectivity index (χ0) is 18.5. The van der Waals surface area contributed by atoms with Crippen LogP contribution in [0.3, 0.4) is 0 Å². The fraction of sp³-hybridized carbons (Fsp3) is 0.500. The lowest BCUT2D eigenvalue weighted by Crippen LogP contribution is -2.29. The van der Waals surface area contributed by atoms with Crippen LogP contribution in [0.1, 0.15) is 56.1 Å². The molecule has 3 rings (SSSR count). The molecule has 0 aliphatic heterocycles.